The maximum Gasteiger partial charge on any atom is 0.318 e. The summed E-state index contributed by atoms with van der Waals surface area (Å²) in [4.78, 5) is 30.3. The number of hydrogen-bond donors (Lipinski definition) is 2. The van der Waals surface area contributed by atoms with Gasteiger partial charge in [0.05, 0.1) is 5.69 Å². The minimum Gasteiger partial charge on any atom is -0.335 e. The van der Waals surface area contributed by atoms with E-state index in [1.54, 1.807) is 23.1 Å². The molecule has 3 aromatic rings. The zero-order valence-electron chi connectivity index (χ0n) is 21.2. The van der Waals surface area contributed by atoms with Crippen LogP contribution in [-0.4, -0.2) is 52.5 Å². The summed E-state index contributed by atoms with van der Waals surface area (Å²) in [7, 11) is 0. The largest absolute Gasteiger partial charge is 0.335 e. The molecular weight excluding hydrogens is 486 g/mol. The first kappa shape index (κ1) is 24.8. The molecule has 3 atom stereocenters. The maximum atomic E-state index is 14.0. The molecule has 0 saturated carbocycles. The number of hydrogen-bond acceptors (Lipinski definition) is 3. The van der Waals surface area contributed by atoms with Crippen LogP contribution < -0.4 is 10.6 Å². The second-order valence-electron chi connectivity index (χ2n) is 10.8. The zero-order chi connectivity index (χ0) is 26.2. The fourth-order valence-electron chi connectivity index (χ4n) is 6.54. The van der Waals surface area contributed by atoms with E-state index in [4.69, 9.17) is 0 Å². The summed E-state index contributed by atoms with van der Waals surface area (Å²) < 4.78 is 27.5. The molecule has 3 aliphatic rings. The Labute approximate surface area is 221 Å². The van der Waals surface area contributed by atoms with Crippen LogP contribution in [-0.2, 0) is 11.3 Å². The Kier molecular flexibility index (Phi) is 6.74. The van der Waals surface area contributed by atoms with Gasteiger partial charge in [-0.15, -0.1) is 0 Å². The average molecular weight is 519 g/mol. The number of rotatable bonds is 5. The number of urea groups is 1. The number of nitrogens with zero attached hydrogens (tertiary/aromatic N) is 2. The highest BCUT2D eigenvalue weighted by Crippen LogP contribution is 2.37. The molecule has 198 valence electrons. The van der Waals surface area contributed by atoms with Crippen LogP contribution in [0.5, 0.6) is 0 Å². The summed E-state index contributed by atoms with van der Waals surface area (Å²) in [5.74, 6) is -1.07. The van der Waals surface area contributed by atoms with Crippen molar-refractivity contribution in [1.82, 2.24) is 15.1 Å². The highest BCUT2D eigenvalue weighted by molar-refractivity contribution is 5.97. The molecule has 3 heterocycles. The molecule has 3 saturated heterocycles. The Morgan fingerprint density at radius 3 is 2.42 bits per heavy atom. The lowest BCUT2D eigenvalue weighted by atomic mass is 9.96. The lowest BCUT2D eigenvalue weighted by Crippen LogP contribution is -2.54. The number of carbonyl (C=O) groups excluding carboxylic acids is 2. The van der Waals surface area contributed by atoms with Crippen molar-refractivity contribution in [2.45, 2.75) is 69.2 Å². The fraction of sp³-hybridized carbons (Fsp3) is 0.400. The molecule has 6 nitrogen and oxygen atoms in total. The third-order valence-electron chi connectivity index (χ3n) is 8.39. The van der Waals surface area contributed by atoms with Gasteiger partial charge in [-0.25, -0.2) is 13.6 Å². The molecule has 3 amide bonds. The molecule has 0 aromatic heterocycles. The van der Waals surface area contributed by atoms with Gasteiger partial charge in [0.2, 0.25) is 5.91 Å². The molecule has 38 heavy (non-hydrogen) atoms. The Morgan fingerprint density at radius 2 is 1.63 bits per heavy atom. The molecule has 0 radical (unpaired) electrons. The van der Waals surface area contributed by atoms with Crippen molar-refractivity contribution < 1.29 is 18.4 Å². The minimum atomic E-state index is -0.604. The molecule has 3 fully saturated rings. The van der Waals surface area contributed by atoms with Crippen molar-refractivity contribution in [1.29, 1.82) is 0 Å². The van der Waals surface area contributed by atoms with E-state index >= 15 is 0 Å². The van der Waals surface area contributed by atoms with Crippen molar-refractivity contribution in [3.63, 3.8) is 0 Å². The van der Waals surface area contributed by atoms with Gasteiger partial charge in [-0.3, -0.25) is 9.69 Å². The van der Waals surface area contributed by atoms with Gasteiger partial charge in [0, 0.05) is 31.2 Å². The highest BCUT2D eigenvalue weighted by atomic mass is 19.1. The van der Waals surface area contributed by atoms with Crippen LogP contribution in [0, 0.1) is 11.6 Å². The Bertz CT molecular complexity index is 1350. The molecule has 2 unspecified atom stereocenters. The van der Waals surface area contributed by atoms with Gasteiger partial charge < -0.3 is 15.5 Å². The zero-order valence-corrected chi connectivity index (χ0v) is 21.2. The van der Waals surface area contributed by atoms with E-state index in [9.17, 15) is 18.4 Å². The van der Waals surface area contributed by atoms with Crippen LogP contribution in [0.4, 0.5) is 19.3 Å². The normalized spacial score (nSPS) is 25.1. The number of anilines is 1. The number of nitrogens with one attached hydrogen (secondary N) is 2. The smallest absolute Gasteiger partial charge is 0.318 e. The van der Waals surface area contributed by atoms with Crippen LogP contribution in [0.2, 0.25) is 0 Å². The molecule has 6 rings (SSSR count). The lowest BCUT2D eigenvalue weighted by Gasteiger charge is -2.40. The number of carbonyl (C=O) groups is 2. The SMILES string of the molecule is O=C(Nc1ccccc1F)[C@@H]1CCCN1C(=O)NC1CC2CCC(C1)N2Cc1ccc2cc(F)ccc2c1. The average Bonchev–Trinajstić information content (AvgIpc) is 3.48. The van der Waals surface area contributed by atoms with E-state index in [-0.39, 0.29) is 29.5 Å². The molecule has 0 aliphatic carbocycles. The molecular formula is C30H32F2N4O2. The van der Waals surface area contributed by atoms with Crippen molar-refractivity contribution in [2.75, 3.05) is 11.9 Å². The predicted molar refractivity (Wildman–Crippen MR) is 143 cm³/mol. The molecule has 8 heteroatoms. The third kappa shape index (κ3) is 4.97. The lowest BCUT2D eigenvalue weighted by molar-refractivity contribution is -0.119. The van der Waals surface area contributed by atoms with Gasteiger partial charge in [-0.05, 0) is 85.2 Å². The first-order valence-electron chi connectivity index (χ1n) is 13.5. The topological polar surface area (TPSA) is 64.7 Å². The quantitative estimate of drug-likeness (QED) is 0.474. The number of fused-ring (bicyclic) bond motifs is 3. The fourth-order valence-corrected chi connectivity index (χ4v) is 6.54. The monoisotopic (exact) mass is 518 g/mol. The van der Waals surface area contributed by atoms with Crippen LogP contribution >= 0.6 is 0 Å². The van der Waals surface area contributed by atoms with Crippen LogP contribution in [0.15, 0.2) is 60.7 Å². The van der Waals surface area contributed by atoms with E-state index in [2.05, 4.69) is 27.7 Å². The maximum absolute atomic E-state index is 14.0. The molecule has 3 aromatic carbocycles. The van der Waals surface area contributed by atoms with Crippen molar-refractivity contribution in [3.8, 4) is 0 Å². The molecule has 2 N–H and O–H groups in total. The number of likely N-dealkylation sites (tertiary alicyclic amines) is 1. The van der Waals surface area contributed by atoms with E-state index in [1.807, 2.05) is 12.1 Å². The summed E-state index contributed by atoms with van der Waals surface area (Å²) in [5.41, 5.74) is 1.34. The van der Waals surface area contributed by atoms with E-state index in [0.29, 0.717) is 25.0 Å². The van der Waals surface area contributed by atoms with Gasteiger partial charge in [-0.2, -0.15) is 0 Å². The summed E-state index contributed by atoms with van der Waals surface area (Å²) >= 11 is 0. The highest BCUT2D eigenvalue weighted by Gasteiger charge is 2.42. The molecule has 2 bridgehead atoms. The number of para-hydroxylation sites is 1. The van der Waals surface area contributed by atoms with Crippen molar-refractivity contribution in [3.05, 3.63) is 77.9 Å². The number of piperidine rings is 1. The Hall–Kier alpha value is -3.52. The van der Waals surface area contributed by atoms with Crippen molar-refractivity contribution in [2.24, 2.45) is 0 Å². The molecule has 3 aliphatic heterocycles. The Morgan fingerprint density at radius 1 is 0.895 bits per heavy atom. The predicted octanol–water partition coefficient (Wildman–Crippen LogP) is 5.43. The number of halogens is 2. The van der Waals surface area contributed by atoms with Crippen LogP contribution in [0.3, 0.4) is 0 Å². The van der Waals surface area contributed by atoms with Gasteiger partial charge in [0.25, 0.3) is 0 Å². The number of benzene rings is 3. The molecule has 0 spiro atoms. The summed E-state index contributed by atoms with van der Waals surface area (Å²) in [6.45, 7) is 1.35. The van der Waals surface area contributed by atoms with Gasteiger partial charge in [-0.1, -0.05) is 30.3 Å². The van der Waals surface area contributed by atoms with Crippen LogP contribution in [0.1, 0.15) is 44.1 Å². The third-order valence-corrected chi connectivity index (χ3v) is 8.39. The van der Waals surface area contributed by atoms with Gasteiger partial charge in [0.15, 0.2) is 0 Å². The van der Waals surface area contributed by atoms with E-state index in [0.717, 1.165) is 49.4 Å². The van der Waals surface area contributed by atoms with E-state index in [1.165, 1.54) is 23.8 Å². The summed E-state index contributed by atoms with van der Waals surface area (Å²) in [6.07, 6.45) is 5.27. The van der Waals surface area contributed by atoms with Crippen molar-refractivity contribution >= 4 is 28.4 Å². The first-order chi connectivity index (χ1) is 18.4. The van der Waals surface area contributed by atoms with Gasteiger partial charge >= 0.3 is 6.03 Å². The van der Waals surface area contributed by atoms with Gasteiger partial charge in [0.1, 0.15) is 17.7 Å². The second kappa shape index (κ2) is 10.3. The first-order valence-corrected chi connectivity index (χ1v) is 13.5. The number of amides is 3. The Balaban J connectivity index is 1.06. The standard InChI is InChI=1S/C30H32F2N4O2/c31-22-10-9-20-14-19(7-8-21(20)15-22)18-36-24-11-12-25(36)17-23(16-24)33-30(38)35-13-3-6-28(35)29(37)34-27-5-2-1-4-26(27)32/h1-2,4-5,7-10,14-15,23-25,28H,3,6,11-13,16-18H2,(H,33,38)(H,34,37)/t23?,24?,25?,28-/m0/s1. The summed E-state index contributed by atoms with van der Waals surface area (Å²) in [6, 6.07) is 17.2. The second-order valence-corrected chi connectivity index (χ2v) is 10.8. The summed E-state index contributed by atoms with van der Waals surface area (Å²) in [5, 5.41) is 7.80. The van der Waals surface area contributed by atoms with Crippen LogP contribution in [0.25, 0.3) is 10.8 Å². The van der Waals surface area contributed by atoms with E-state index < -0.39 is 11.9 Å². The minimum absolute atomic E-state index is 0.0618.